The highest BCUT2D eigenvalue weighted by Gasteiger charge is 2.37. The van der Waals surface area contributed by atoms with Gasteiger partial charge in [-0.3, -0.25) is 14.7 Å². The zero-order valence-electron chi connectivity index (χ0n) is 15.3. The molecule has 0 saturated carbocycles. The summed E-state index contributed by atoms with van der Waals surface area (Å²) < 4.78 is 0. The number of carbonyl (C=O) groups is 1. The van der Waals surface area contributed by atoms with E-state index in [0.29, 0.717) is 13.0 Å². The van der Waals surface area contributed by atoms with Crippen molar-refractivity contribution in [3.63, 3.8) is 0 Å². The maximum atomic E-state index is 12.4. The molecule has 4 rings (SSSR count). The van der Waals surface area contributed by atoms with Crippen molar-refractivity contribution in [2.75, 3.05) is 18.4 Å². The highest BCUT2D eigenvalue weighted by molar-refractivity contribution is 5.79. The molecule has 1 saturated heterocycles. The van der Waals surface area contributed by atoms with Gasteiger partial charge in [0.25, 0.3) is 0 Å². The van der Waals surface area contributed by atoms with Gasteiger partial charge in [-0.2, -0.15) is 0 Å². The van der Waals surface area contributed by atoms with E-state index in [1.54, 1.807) is 0 Å². The Hall–Kier alpha value is -2.40. The summed E-state index contributed by atoms with van der Waals surface area (Å²) in [7, 11) is 0. The van der Waals surface area contributed by atoms with Crippen LogP contribution in [0.15, 0.2) is 42.7 Å². The van der Waals surface area contributed by atoms with Crippen molar-refractivity contribution in [3.8, 4) is 0 Å². The standard InChI is InChI=1S/C21H26N4O/c1-16-10-17(13-22-12-16)15-25-8-6-21(7-9-25)11-20(26)23-14-18-4-2-3-5-19(18)24-21/h2-5,10,12-13,24H,6-9,11,14-15H2,1H3,(H,23,26). The number of para-hydroxylation sites is 1. The first-order valence-corrected chi connectivity index (χ1v) is 9.38. The lowest BCUT2D eigenvalue weighted by Crippen LogP contribution is -2.52. The Labute approximate surface area is 154 Å². The second kappa shape index (κ2) is 7.08. The smallest absolute Gasteiger partial charge is 0.222 e. The van der Waals surface area contributed by atoms with Gasteiger partial charge in [0.1, 0.15) is 0 Å². The van der Waals surface area contributed by atoms with Crippen LogP contribution in [0.5, 0.6) is 0 Å². The molecule has 2 aliphatic heterocycles. The molecular weight excluding hydrogens is 324 g/mol. The van der Waals surface area contributed by atoms with E-state index in [1.807, 2.05) is 18.5 Å². The van der Waals surface area contributed by atoms with Crippen molar-refractivity contribution < 1.29 is 4.79 Å². The predicted molar refractivity (Wildman–Crippen MR) is 103 cm³/mol. The van der Waals surface area contributed by atoms with Crippen LogP contribution in [-0.4, -0.2) is 34.4 Å². The van der Waals surface area contributed by atoms with E-state index in [-0.39, 0.29) is 11.4 Å². The Balaban J connectivity index is 1.47. The average Bonchev–Trinajstić information content (AvgIpc) is 2.62. The lowest BCUT2D eigenvalue weighted by Gasteiger charge is -2.44. The molecule has 1 spiro atoms. The van der Waals surface area contributed by atoms with Crippen LogP contribution in [-0.2, 0) is 17.9 Å². The van der Waals surface area contributed by atoms with E-state index in [4.69, 9.17) is 0 Å². The van der Waals surface area contributed by atoms with Crippen LogP contribution in [0.25, 0.3) is 0 Å². The molecule has 5 nitrogen and oxygen atoms in total. The van der Waals surface area contributed by atoms with E-state index < -0.39 is 0 Å². The maximum absolute atomic E-state index is 12.4. The molecule has 0 aliphatic carbocycles. The van der Waals surface area contributed by atoms with Gasteiger partial charge in [-0.15, -0.1) is 0 Å². The van der Waals surface area contributed by atoms with Crippen LogP contribution in [0, 0.1) is 6.92 Å². The first-order valence-electron chi connectivity index (χ1n) is 9.38. The van der Waals surface area contributed by atoms with Gasteiger partial charge in [0.05, 0.1) is 0 Å². The molecule has 2 aromatic rings. The van der Waals surface area contributed by atoms with Crippen molar-refractivity contribution in [2.45, 2.75) is 44.8 Å². The fraction of sp³-hybridized carbons (Fsp3) is 0.429. The number of nitrogens with zero attached hydrogens (tertiary/aromatic N) is 2. The molecule has 0 unspecified atom stereocenters. The minimum atomic E-state index is -0.151. The summed E-state index contributed by atoms with van der Waals surface area (Å²) in [5.74, 6) is 0.142. The Morgan fingerprint density at radius 2 is 2.00 bits per heavy atom. The number of pyridine rings is 1. The van der Waals surface area contributed by atoms with Crippen molar-refractivity contribution in [2.24, 2.45) is 0 Å². The quantitative estimate of drug-likeness (QED) is 0.874. The van der Waals surface area contributed by atoms with Gasteiger partial charge in [0.15, 0.2) is 0 Å². The predicted octanol–water partition coefficient (Wildman–Crippen LogP) is 2.86. The molecule has 0 radical (unpaired) electrons. The van der Waals surface area contributed by atoms with Crippen LogP contribution in [0.4, 0.5) is 5.69 Å². The fourth-order valence-electron chi connectivity index (χ4n) is 4.09. The number of anilines is 1. The molecule has 26 heavy (non-hydrogen) atoms. The zero-order valence-corrected chi connectivity index (χ0v) is 15.3. The summed E-state index contributed by atoms with van der Waals surface area (Å²) >= 11 is 0. The fourth-order valence-corrected chi connectivity index (χ4v) is 4.09. The number of likely N-dealkylation sites (tertiary alicyclic amines) is 1. The van der Waals surface area contributed by atoms with E-state index in [2.05, 4.69) is 51.7 Å². The largest absolute Gasteiger partial charge is 0.379 e. The van der Waals surface area contributed by atoms with Gasteiger partial charge in [-0.1, -0.05) is 24.3 Å². The SMILES string of the molecule is Cc1cncc(CN2CCC3(CC2)CC(=O)NCc2ccccc2N3)c1. The minimum absolute atomic E-state index is 0.142. The van der Waals surface area contributed by atoms with Gasteiger partial charge in [0.2, 0.25) is 5.91 Å². The van der Waals surface area contributed by atoms with Gasteiger partial charge in [0, 0.05) is 56.2 Å². The second-order valence-electron chi connectivity index (χ2n) is 7.66. The van der Waals surface area contributed by atoms with Crippen molar-refractivity contribution in [1.29, 1.82) is 0 Å². The Kier molecular flexibility index (Phi) is 4.64. The molecule has 2 N–H and O–H groups in total. The maximum Gasteiger partial charge on any atom is 0.222 e. The molecule has 3 heterocycles. The molecule has 5 heteroatoms. The van der Waals surface area contributed by atoms with E-state index in [1.165, 1.54) is 11.1 Å². The average molecular weight is 350 g/mol. The van der Waals surface area contributed by atoms with E-state index >= 15 is 0 Å². The lowest BCUT2D eigenvalue weighted by atomic mass is 9.82. The first-order chi connectivity index (χ1) is 12.6. The summed E-state index contributed by atoms with van der Waals surface area (Å²) in [6.07, 6.45) is 6.32. The molecule has 1 aromatic carbocycles. The number of piperidine rings is 1. The number of nitrogens with one attached hydrogen (secondary N) is 2. The molecule has 1 amide bonds. The number of aryl methyl sites for hydroxylation is 1. The first kappa shape index (κ1) is 17.0. The minimum Gasteiger partial charge on any atom is -0.379 e. The normalized spacial score (nSPS) is 19.8. The molecular formula is C21H26N4O. The van der Waals surface area contributed by atoms with E-state index in [0.717, 1.165) is 43.7 Å². The van der Waals surface area contributed by atoms with Crippen LogP contribution < -0.4 is 10.6 Å². The molecule has 1 fully saturated rings. The van der Waals surface area contributed by atoms with Gasteiger partial charge in [-0.25, -0.2) is 0 Å². The number of carbonyl (C=O) groups excluding carboxylic acids is 1. The summed E-state index contributed by atoms with van der Waals surface area (Å²) in [6.45, 7) is 5.57. The number of benzene rings is 1. The molecule has 0 bridgehead atoms. The third-order valence-electron chi connectivity index (χ3n) is 5.54. The summed E-state index contributed by atoms with van der Waals surface area (Å²) in [4.78, 5) is 19.1. The van der Waals surface area contributed by atoms with Crippen LogP contribution >= 0.6 is 0 Å². The molecule has 0 atom stereocenters. The number of rotatable bonds is 2. The zero-order chi connectivity index (χ0) is 18.0. The number of hydrogen-bond acceptors (Lipinski definition) is 4. The van der Waals surface area contributed by atoms with Gasteiger partial charge in [-0.05, 0) is 42.5 Å². The van der Waals surface area contributed by atoms with Crippen LogP contribution in [0.3, 0.4) is 0 Å². The second-order valence-corrected chi connectivity index (χ2v) is 7.66. The van der Waals surface area contributed by atoms with Crippen molar-refractivity contribution in [3.05, 3.63) is 59.4 Å². The van der Waals surface area contributed by atoms with Gasteiger partial charge >= 0.3 is 0 Å². The Morgan fingerprint density at radius 3 is 2.81 bits per heavy atom. The van der Waals surface area contributed by atoms with Crippen LogP contribution in [0.1, 0.15) is 36.0 Å². The van der Waals surface area contributed by atoms with Crippen molar-refractivity contribution >= 4 is 11.6 Å². The lowest BCUT2D eigenvalue weighted by molar-refractivity contribution is -0.122. The monoisotopic (exact) mass is 350 g/mol. The third-order valence-corrected chi connectivity index (χ3v) is 5.54. The van der Waals surface area contributed by atoms with Gasteiger partial charge < -0.3 is 10.6 Å². The summed E-state index contributed by atoms with van der Waals surface area (Å²) in [5.41, 5.74) is 4.62. The van der Waals surface area contributed by atoms with Crippen molar-refractivity contribution in [1.82, 2.24) is 15.2 Å². The van der Waals surface area contributed by atoms with E-state index in [9.17, 15) is 4.79 Å². The number of amides is 1. The topological polar surface area (TPSA) is 57.3 Å². The Bertz CT molecular complexity index is 796. The molecule has 1 aromatic heterocycles. The molecule has 136 valence electrons. The number of aromatic nitrogens is 1. The van der Waals surface area contributed by atoms with Crippen LogP contribution in [0.2, 0.25) is 0 Å². The highest BCUT2D eigenvalue weighted by atomic mass is 16.1. The third kappa shape index (κ3) is 3.73. The number of fused-ring (bicyclic) bond motifs is 1. The summed E-state index contributed by atoms with van der Waals surface area (Å²) in [5, 5.41) is 6.81. The number of hydrogen-bond donors (Lipinski definition) is 2. The molecule has 2 aliphatic rings. The summed E-state index contributed by atoms with van der Waals surface area (Å²) in [6, 6.07) is 10.5. The Morgan fingerprint density at radius 1 is 1.19 bits per heavy atom. The highest BCUT2D eigenvalue weighted by Crippen LogP contribution is 2.33.